The first-order chi connectivity index (χ1) is 16.0. The van der Waals surface area contributed by atoms with Crippen LogP contribution in [-0.2, 0) is 4.79 Å². The van der Waals surface area contributed by atoms with E-state index < -0.39 is 5.91 Å². The number of benzene rings is 2. The summed E-state index contributed by atoms with van der Waals surface area (Å²) in [7, 11) is 0. The molecule has 1 fully saturated rings. The first kappa shape index (κ1) is 22.6. The average molecular weight is 448 g/mol. The lowest BCUT2D eigenvalue weighted by atomic mass is 9.90. The molecule has 33 heavy (non-hydrogen) atoms. The number of piperidine rings is 1. The Hall–Kier alpha value is -3.61. The normalized spacial score (nSPS) is 15.9. The molecule has 7 heteroatoms. The van der Waals surface area contributed by atoms with Crippen LogP contribution in [0.5, 0.6) is 11.5 Å². The maximum Gasteiger partial charge on any atom is 0.260 e. The molecule has 1 saturated heterocycles. The predicted molar refractivity (Wildman–Crippen MR) is 127 cm³/mol. The molecule has 1 aromatic heterocycles. The summed E-state index contributed by atoms with van der Waals surface area (Å²) in [4.78, 5) is 31.7. The second-order valence-corrected chi connectivity index (χ2v) is 8.33. The molecule has 2 N–H and O–H groups in total. The van der Waals surface area contributed by atoms with Crippen molar-refractivity contribution in [2.24, 2.45) is 5.73 Å². The number of ether oxygens (including phenoxy) is 2. The van der Waals surface area contributed by atoms with E-state index in [4.69, 9.17) is 20.2 Å². The third-order valence-corrected chi connectivity index (χ3v) is 5.93. The molecule has 0 unspecified atom stereocenters. The van der Waals surface area contributed by atoms with E-state index in [-0.39, 0.29) is 18.4 Å². The molecule has 7 nitrogen and oxygen atoms in total. The van der Waals surface area contributed by atoms with Crippen molar-refractivity contribution in [3.05, 3.63) is 65.4 Å². The Morgan fingerprint density at radius 1 is 1.12 bits per heavy atom. The minimum Gasteiger partial charge on any atom is -0.490 e. The Morgan fingerprint density at radius 3 is 2.73 bits per heavy atom. The van der Waals surface area contributed by atoms with Gasteiger partial charge in [-0.2, -0.15) is 0 Å². The van der Waals surface area contributed by atoms with Crippen LogP contribution in [0.2, 0.25) is 0 Å². The summed E-state index contributed by atoms with van der Waals surface area (Å²) >= 11 is 0. The maximum absolute atomic E-state index is 13.0. The highest BCUT2D eigenvalue weighted by atomic mass is 16.5. The number of rotatable bonds is 7. The van der Waals surface area contributed by atoms with Gasteiger partial charge in [0, 0.05) is 24.4 Å². The molecule has 0 aliphatic carbocycles. The number of fused-ring (bicyclic) bond motifs is 1. The van der Waals surface area contributed by atoms with Gasteiger partial charge in [-0.15, -0.1) is 0 Å². The second kappa shape index (κ2) is 9.90. The van der Waals surface area contributed by atoms with Crippen LogP contribution < -0.4 is 15.2 Å². The van der Waals surface area contributed by atoms with Crippen LogP contribution in [0, 0.1) is 6.92 Å². The van der Waals surface area contributed by atoms with Crippen LogP contribution in [0.4, 0.5) is 0 Å². The van der Waals surface area contributed by atoms with Gasteiger partial charge in [0.25, 0.3) is 11.8 Å². The third-order valence-electron chi connectivity index (χ3n) is 5.93. The van der Waals surface area contributed by atoms with E-state index in [1.54, 1.807) is 11.0 Å². The zero-order valence-corrected chi connectivity index (χ0v) is 19.0. The van der Waals surface area contributed by atoms with Crippen molar-refractivity contribution in [3.8, 4) is 11.5 Å². The zero-order chi connectivity index (χ0) is 23.4. The number of likely N-dealkylation sites (tertiary alicyclic amines) is 1. The first-order valence-electron chi connectivity index (χ1n) is 11.3. The number of pyridine rings is 1. The molecule has 3 aromatic rings. The number of para-hydroxylation sites is 1. The molecule has 0 bridgehead atoms. The summed E-state index contributed by atoms with van der Waals surface area (Å²) in [5.41, 5.74) is 8.63. The Balaban J connectivity index is 1.49. The van der Waals surface area contributed by atoms with Gasteiger partial charge in [0.2, 0.25) is 0 Å². The Kier molecular flexibility index (Phi) is 6.77. The van der Waals surface area contributed by atoms with Gasteiger partial charge in [0.15, 0.2) is 18.1 Å². The van der Waals surface area contributed by atoms with E-state index in [1.165, 1.54) is 0 Å². The van der Waals surface area contributed by atoms with Gasteiger partial charge in [0.1, 0.15) is 0 Å². The topological polar surface area (TPSA) is 94.8 Å². The number of nitrogens with two attached hydrogens (primary N) is 1. The van der Waals surface area contributed by atoms with Crippen LogP contribution in [-0.4, -0.2) is 48.0 Å². The van der Waals surface area contributed by atoms with Crippen molar-refractivity contribution < 1.29 is 19.1 Å². The maximum atomic E-state index is 13.0. The lowest BCUT2D eigenvalue weighted by molar-refractivity contribution is -0.134. The second-order valence-electron chi connectivity index (χ2n) is 8.33. The highest BCUT2D eigenvalue weighted by Gasteiger charge is 2.29. The number of primary amides is 1. The van der Waals surface area contributed by atoms with Crippen molar-refractivity contribution in [2.45, 2.75) is 32.6 Å². The smallest absolute Gasteiger partial charge is 0.260 e. The molecule has 1 aliphatic heterocycles. The van der Waals surface area contributed by atoms with Crippen LogP contribution in [0.3, 0.4) is 0 Å². The summed E-state index contributed by atoms with van der Waals surface area (Å²) in [6.07, 6.45) is 1.65. The third kappa shape index (κ3) is 5.08. The zero-order valence-electron chi connectivity index (χ0n) is 19.0. The minimum absolute atomic E-state index is 0.0619. The summed E-state index contributed by atoms with van der Waals surface area (Å²) in [5.74, 6) is 0.514. The van der Waals surface area contributed by atoms with E-state index in [0.717, 1.165) is 29.3 Å². The first-order valence-corrected chi connectivity index (χ1v) is 11.3. The van der Waals surface area contributed by atoms with E-state index in [0.29, 0.717) is 42.5 Å². The van der Waals surface area contributed by atoms with E-state index >= 15 is 0 Å². The number of hydrogen-bond donors (Lipinski definition) is 1. The van der Waals surface area contributed by atoms with Gasteiger partial charge in [-0.3, -0.25) is 14.6 Å². The van der Waals surface area contributed by atoms with E-state index in [1.807, 2.05) is 56.3 Å². The fraction of sp³-hybridized carbons (Fsp3) is 0.346. The quantitative estimate of drug-likeness (QED) is 0.594. The monoisotopic (exact) mass is 447 g/mol. The van der Waals surface area contributed by atoms with Gasteiger partial charge in [0.05, 0.1) is 23.4 Å². The number of carbonyl (C=O) groups excluding carboxylic acids is 2. The highest BCUT2D eigenvalue weighted by Crippen LogP contribution is 2.31. The highest BCUT2D eigenvalue weighted by molar-refractivity contribution is 5.97. The lowest BCUT2D eigenvalue weighted by Crippen LogP contribution is -2.42. The standard InChI is InChI=1S/C26H29N3O4/c1-3-32-23-13-17(2)10-11-22(23)33-16-24(30)29-12-6-8-19(15-29)25-20(26(27)31)14-18-7-4-5-9-21(18)28-25/h4-5,7,9-11,13-14,19H,3,6,8,12,15-16H2,1-2H3,(H2,27,31)/t19-/m0/s1. The van der Waals surface area contributed by atoms with Crippen molar-refractivity contribution in [3.63, 3.8) is 0 Å². The van der Waals surface area contributed by atoms with E-state index in [2.05, 4.69) is 0 Å². The van der Waals surface area contributed by atoms with Gasteiger partial charge >= 0.3 is 0 Å². The number of hydrogen-bond acceptors (Lipinski definition) is 5. The van der Waals surface area contributed by atoms with Crippen molar-refractivity contribution in [1.29, 1.82) is 0 Å². The van der Waals surface area contributed by atoms with Gasteiger partial charge in [-0.25, -0.2) is 0 Å². The molecule has 172 valence electrons. The molecule has 2 amide bonds. The largest absolute Gasteiger partial charge is 0.490 e. The van der Waals surface area contributed by atoms with Crippen LogP contribution in [0.1, 0.15) is 47.3 Å². The molecular weight excluding hydrogens is 418 g/mol. The summed E-state index contributed by atoms with van der Waals surface area (Å²) in [6, 6.07) is 15.1. The Labute approximate surface area is 193 Å². The summed E-state index contributed by atoms with van der Waals surface area (Å²) in [6.45, 7) is 5.44. The van der Waals surface area contributed by atoms with Crippen molar-refractivity contribution >= 4 is 22.7 Å². The number of aryl methyl sites for hydroxylation is 1. The number of aromatic nitrogens is 1. The Bertz CT molecular complexity index is 1180. The van der Waals surface area contributed by atoms with Crippen LogP contribution in [0.15, 0.2) is 48.5 Å². The Morgan fingerprint density at radius 2 is 1.94 bits per heavy atom. The molecule has 4 rings (SSSR count). The molecule has 2 aromatic carbocycles. The number of nitrogens with zero attached hydrogens (tertiary/aromatic N) is 2. The number of amides is 2. The van der Waals surface area contributed by atoms with Gasteiger partial charge in [-0.1, -0.05) is 24.3 Å². The van der Waals surface area contributed by atoms with Gasteiger partial charge in [-0.05, 0) is 56.5 Å². The van der Waals surface area contributed by atoms with Crippen molar-refractivity contribution in [1.82, 2.24) is 9.88 Å². The van der Waals surface area contributed by atoms with E-state index in [9.17, 15) is 9.59 Å². The molecule has 0 spiro atoms. The fourth-order valence-electron chi connectivity index (χ4n) is 4.30. The fourth-order valence-corrected chi connectivity index (χ4v) is 4.30. The molecule has 2 heterocycles. The van der Waals surface area contributed by atoms with Crippen LogP contribution in [0.25, 0.3) is 10.9 Å². The molecule has 0 radical (unpaired) electrons. The predicted octanol–water partition coefficient (Wildman–Crippen LogP) is 3.83. The van der Waals surface area contributed by atoms with Crippen molar-refractivity contribution in [2.75, 3.05) is 26.3 Å². The SMILES string of the molecule is CCOc1cc(C)ccc1OCC(=O)N1CCC[C@H](c2nc3ccccc3cc2C(N)=O)C1. The molecular formula is C26H29N3O4. The molecule has 1 atom stereocenters. The van der Waals surface area contributed by atoms with Gasteiger partial charge < -0.3 is 20.1 Å². The lowest BCUT2D eigenvalue weighted by Gasteiger charge is -2.33. The number of carbonyl (C=O) groups is 2. The molecule has 0 saturated carbocycles. The van der Waals surface area contributed by atoms with Crippen LogP contribution >= 0.6 is 0 Å². The molecule has 1 aliphatic rings. The summed E-state index contributed by atoms with van der Waals surface area (Å²) < 4.78 is 11.5. The minimum atomic E-state index is -0.502. The summed E-state index contributed by atoms with van der Waals surface area (Å²) in [5, 5.41) is 0.871. The average Bonchev–Trinajstić information content (AvgIpc) is 2.82.